The van der Waals surface area contributed by atoms with Crippen molar-refractivity contribution < 1.29 is 4.92 Å². The number of nitrogens with zero attached hydrogens (tertiary/aromatic N) is 1. The summed E-state index contributed by atoms with van der Waals surface area (Å²) in [4.78, 5) is 10.5. The van der Waals surface area contributed by atoms with Crippen LogP contribution in [0.2, 0.25) is 0 Å². The Morgan fingerprint density at radius 3 is 2.88 bits per heavy atom. The van der Waals surface area contributed by atoms with Gasteiger partial charge in [-0.3, -0.25) is 10.1 Å². The van der Waals surface area contributed by atoms with Gasteiger partial charge in [0.25, 0.3) is 5.69 Å². The SMILES string of the molecule is O=[N+]([O-])c1ccccc1NCC1CC=CCC1. The molecular formula is C13H16N2O2. The number of rotatable bonds is 4. The summed E-state index contributed by atoms with van der Waals surface area (Å²) in [5.41, 5.74) is 0.769. The predicted molar refractivity (Wildman–Crippen MR) is 68.1 cm³/mol. The highest BCUT2D eigenvalue weighted by atomic mass is 16.6. The number of anilines is 1. The zero-order chi connectivity index (χ0) is 12.1. The van der Waals surface area contributed by atoms with Crippen LogP contribution in [0.5, 0.6) is 0 Å². The second-order valence-corrected chi connectivity index (χ2v) is 4.31. The lowest BCUT2D eigenvalue weighted by Crippen LogP contribution is -2.15. The normalized spacial score (nSPS) is 18.9. The molecule has 0 spiro atoms. The largest absolute Gasteiger partial charge is 0.379 e. The highest BCUT2D eigenvalue weighted by Gasteiger charge is 2.14. The van der Waals surface area contributed by atoms with Crippen LogP contribution in [0, 0.1) is 16.0 Å². The summed E-state index contributed by atoms with van der Waals surface area (Å²) in [6, 6.07) is 6.79. The van der Waals surface area contributed by atoms with Gasteiger partial charge in [0.1, 0.15) is 5.69 Å². The van der Waals surface area contributed by atoms with Crippen LogP contribution in [0.25, 0.3) is 0 Å². The summed E-state index contributed by atoms with van der Waals surface area (Å²) in [6.45, 7) is 0.801. The molecule has 0 saturated heterocycles. The topological polar surface area (TPSA) is 55.2 Å². The van der Waals surface area contributed by atoms with E-state index in [-0.39, 0.29) is 10.6 Å². The van der Waals surface area contributed by atoms with Crippen molar-refractivity contribution >= 4 is 11.4 Å². The molecule has 1 atom stereocenters. The summed E-state index contributed by atoms with van der Waals surface area (Å²) in [5, 5.41) is 14.0. The second-order valence-electron chi connectivity index (χ2n) is 4.31. The van der Waals surface area contributed by atoms with E-state index in [9.17, 15) is 10.1 Å². The molecule has 1 aromatic rings. The number of allylic oxidation sites excluding steroid dienone is 2. The first kappa shape index (κ1) is 11.6. The van der Waals surface area contributed by atoms with Crippen LogP contribution in [-0.4, -0.2) is 11.5 Å². The smallest absolute Gasteiger partial charge is 0.292 e. The molecule has 0 heterocycles. The molecule has 0 bridgehead atoms. The van der Waals surface area contributed by atoms with Crippen molar-refractivity contribution in [3.8, 4) is 0 Å². The van der Waals surface area contributed by atoms with E-state index in [4.69, 9.17) is 0 Å². The van der Waals surface area contributed by atoms with Gasteiger partial charge >= 0.3 is 0 Å². The average Bonchev–Trinajstić information content (AvgIpc) is 2.38. The fourth-order valence-electron chi connectivity index (χ4n) is 2.08. The zero-order valence-corrected chi connectivity index (χ0v) is 9.63. The lowest BCUT2D eigenvalue weighted by Gasteiger charge is -2.18. The Bertz CT molecular complexity index is 429. The van der Waals surface area contributed by atoms with Gasteiger partial charge in [-0.25, -0.2) is 0 Å². The van der Waals surface area contributed by atoms with E-state index >= 15 is 0 Å². The molecule has 2 rings (SSSR count). The molecule has 1 N–H and O–H groups in total. The van der Waals surface area contributed by atoms with E-state index in [0.29, 0.717) is 11.6 Å². The van der Waals surface area contributed by atoms with Crippen LogP contribution in [0.15, 0.2) is 36.4 Å². The van der Waals surface area contributed by atoms with Gasteiger partial charge in [-0.05, 0) is 31.2 Å². The molecule has 0 saturated carbocycles. The Morgan fingerprint density at radius 1 is 1.35 bits per heavy atom. The van der Waals surface area contributed by atoms with Gasteiger partial charge in [0.15, 0.2) is 0 Å². The Labute approximate surface area is 100 Å². The third kappa shape index (κ3) is 3.06. The summed E-state index contributed by atoms with van der Waals surface area (Å²) in [5.74, 6) is 0.583. The first-order valence-electron chi connectivity index (χ1n) is 5.89. The molecule has 0 amide bonds. The Morgan fingerprint density at radius 2 is 2.18 bits per heavy atom. The number of hydrogen-bond donors (Lipinski definition) is 1. The number of benzene rings is 1. The molecule has 0 fully saturated rings. The minimum absolute atomic E-state index is 0.152. The van der Waals surface area contributed by atoms with Crippen LogP contribution in [0.3, 0.4) is 0 Å². The standard InChI is InChI=1S/C13H16N2O2/c16-15(17)13-9-5-4-8-12(13)14-10-11-6-2-1-3-7-11/h1-2,4-5,8-9,11,14H,3,6-7,10H2. The first-order chi connectivity index (χ1) is 8.27. The molecule has 90 valence electrons. The molecule has 1 aliphatic carbocycles. The van der Waals surface area contributed by atoms with Gasteiger partial charge in [0, 0.05) is 12.6 Å². The summed E-state index contributed by atoms with van der Waals surface area (Å²) in [7, 11) is 0. The second kappa shape index (κ2) is 5.48. The molecule has 0 radical (unpaired) electrons. The van der Waals surface area contributed by atoms with E-state index in [1.54, 1.807) is 12.1 Å². The van der Waals surface area contributed by atoms with E-state index in [2.05, 4.69) is 17.5 Å². The maximum Gasteiger partial charge on any atom is 0.292 e. The number of hydrogen-bond acceptors (Lipinski definition) is 3. The maximum atomic E-state index is 10.8. The summed E-state index contributed by atoms with van der Waals surface area (Å²) >= 11 is 0. The van der Waals surface area contributed by atoms with Crippen molar-refractivity contribution in [3.63, 3.8) is 0 Å². The Kier molecular flexibility index (Phi) is 3.75. The van der Waals surface area contributed by atoms with E-state index in [1.807, 2.05) is 6.07 Å². The van der Waals surface area contributed by atoms with E-state index in [0.717, 1.165) is 25.8 Å². The van der Waals surface area contributed by atoms with Crippen LogP contribution < -0.4 is 5.32 Å². The minimum atomic E-state index is -0.344. The Hall–Kier alpha value is -1.84. The minimum Gasteiger partial charge on any atom is -0.379 e. The average molecular weight is 232 g/mol. The third-order valence-corrected chi connectivity index (χ3v) is 3.06. The van der Waals surface area contributed by atoms with E-state index in [1.165, 1.54) is 6.07 Å². The molecular weight excluding hydrogens is 216 g/mol. The molecule has 4 heteroatoms. The third-order valence-electron chi connectivity index (χ3n) is 3.06. The van der Waals surface area contributed by atoms with E-state index < -0.39 is 0 Å². The fourth-order valence-corrected chi connectivity index (χ4v) is 2.08. The van der Waals surface area contributed by atoms with Crippen LogP contribution >= 0.6 is 0 Å². The molecule has 0 aliphatic heterocycles. The molecule has 0 aromatic heterocycles. The Balaban J connectivity index is 1.98. The van der Waals surface area contributed by atoms with Crippen LogP contribution in [0.1, 0.15) is 19.3 Å². The highest BCUT2D eigenvalue weighted by Crippen LogP contribution is 2.25. The van der Waals surface area contributed by atoms with Crippen molar-refractivity contribution in [2.45, 2.75) is 19.3 Å². The van der Waals surface area contributed by atoms with Crippen molar-refractivity contribution in [2.24, 2.45) is 5.92 Å². The molecule has 17 heavy (non-hydrogen) atoms. The zero-order valence-electron chi connectivity index (χ0n) is 9.63. The predicted octanol–water partition coefficient (Wildman–Crippen LogP) is 3.36. The summed E-state index contributed by atoms with van der Waals surface area (Å²) in [6.07, 6.45) is 7.72. The monoisotopic (exact) mass is 232 g/mol. The number of para-hydroxylation sites is 2. The quantitative estimate of drug-likeness (QED) is 0.492. The van der Waals surface area contributed by atoms with Gasteiger partial charge < -0.3 is 5.32 Å². The first-order valence-corrected chi connectivity index (χ1v) is 5.89. The van der Waals surface area contributed by atoms with Gasteiger partial charge in [-0.2, -0.15) is 0 Å². The molecule has 1 aliphatic rings. The van der Waals surface area contributed by atoms with Gasteiger partial charge in [-0.1, -0.05) is 24.3 Å². The number of nitro groups is 1. The van der Waals surface area contributed by atoms with Gasteiger partial charge in [0.2, 0.25) is 0 Å². The van der Waals surface area contributed by atoms with Crippen molar-refractivity contribution in [2.75, 3.05) is 11.9 Å². The lowest BCUT2D eigenvalue weighted by molar-refractivity contribution is -0.384. The highest BCUT2D eigenvalue weighted by molar-refractivity contribution is 5.61. The fraction of sp³-hybridized carbons (Fsp3) is 0.385. The maximum absolute atomic E-state index is 10.8. The van der Waals surface area contributed by atoms with Crippen molar-refractivity contribution in [3.05, 3.63) is 46.5 Å². The lowest BCUT2D eigenvalue weighted by atomic mass is 9.94. The molecule has 4 nitrogen and oxygen atoms in total. The van der Waals surface area contributed by atoms with Crippen molar-refractivity contribution in [1.82, 2.24) is 0 Å². The molecule has 1 aromatic carbocycles. The molecule has 1 unspecified atom stereocenters. The van der Waals surface area contributed by atoms with Crippen molar-refractivity contribution in [1.29, 1.82) is 0 Å². The summed E-state index contributed by atoms with van der Waals surface area (Å²) < 4.78 is 0. The van der Waals surface area contributed by atoms with Crippen LogP contribution in [0.4, 0.5) is 11.4 Å². The van der Waals surface area contributed by atoms with Crippen LogP contribution in [-0.2, 0) is 0 Å². The van der Waals surface area contributed by atoms with Gasteiger partial charge in [0.05, 0.1) is 4.92 Å². The number of nitro benzene ring substituents is 1. The number of nitrogens with one attached hydrogen (secondary N) is 1. The van der Waals surface area contributed by atoms with Gasteiger partial charge in [-0.15, -0.1) is 0 Å².